The van der Waals surface area contributed by atoms with Crippen molar-refractivity contribution in [2.24, 2.45) is 0 Å². The average molecular weight is 483 g/mol. The molecule has 2 heterocycles. The number of nitrogens with one attached hydrogen (secondary N) is 1. The van der Waals surface area contributed by atoms with Crippen LogP contribution < -0.4 is 10.2 Å². The number of rotatable bonds is 5. The molecule has 0 atom stereocenters. The van der Waals surface area contributed by atoms with Crippen molar-refractivity contribution in [1.29, 1.82) is 0 Å². The highest BCUT2D eigenvalue weighted by Crippen LogP contribution is 2.27. The van der Waals surface area contributed by atoms with Crippen LogP contribution in [-0.2, 0) is 24.2 Å². The van der Waals surface area contributed by atoms with E-state index in [9.17, 15) is 9.59 Å². The number of carbonyl (C=O) groups is 2. The molecule has 2 aliphatic heterocycles. The molecule has 0 unspecified atom stereocenters. The Bertz CT molecular complexity index is 1170. The summed E-state index contributed by atoms with van der Waals surface area (Å²) in [5.74, 6) is 0.160. The fraction of sp³-hybridized carbons (Fsp3) is 0.333. The summed E-state index contributed by atoms with van der Waals surface area (Å²) in [7, 11) is 0. The molecule has 1 N–H and O–H groups in total. The van der Waals surface area contributed by atoms with Crippen LogP contribution in [0.15, 0.2) is 78.9 Å². The Morgan fingerprint density at radius 2 is 1.44 bits per heavy atom. The molecule has 6 heteroatoms. The second kappa shape index (κ2) is 11.4. The summed E-state index contributed by atoms with van der Waals surface area (Å²) >= 11 is 0. The van der Waals surface area contributed by atoms with Crippen molar-refractivity contribution in [2.75, 3.05) is 42.9 Å². The second-order valence-corrected chi connectivity index (χ2v) is 9.68. The van der Waals surface area contributed by atoms with Crippen molar-refractivity contribution in [3.05, 3.63) is 95.6 Å². The van der Waals surface area contributed by atoms with Crippen LogP contribution in [0.25, 0.3) is 0 Å². The lowest BCUT2D eigenvalue weighted by molar-refractivity contribution is -0.132. The summed E-state index contributed by atoms with van der Waals surface area (Å²) in [6.45, 7) is 4.96. The highest BCUT2D eigenvalue weighted by molar-refractivity contribution is 6.02. The van der Waals surface area contributed by atoms with E-state index in [1.165, 1.54) is 11.1 Å². The zero-order chi connectivity index (χ0) is 24.7. The molecule has 0 saturated carbocycles. The van der Waals surface area contributed by atoms with Gasteiger partial charge in [0.05, 0.1) is 6.42 Å². The number of carbonyl (C=O) groups excluding carboxylic acids is 2. The van der Waals surface area contributed by atoms with Gasteiger partial charge in [0, 0.05) is 50.6 Å². The molecule has 36 heavy (non-hydrogen) atoms. The maximum Gasteiger partial charge on any atom is 0.326 e. The van der Waals surface area contributed by atoms with Crippen molar-refractivity contribution in [2.45, 2.75) is 32.2 Å². The van der Waals surface area contributed by atoms with Gasteiger partial charge in [0.15, 0.2) is 0 Å². The Morgan fingerprint density at radius 1 is 0.722 bits per heavy atom. The molecule has 0 aliphatic carbocycles. The molecule has 3 aromatic carbocycles. The van der Waals surface area contributed by atoms with Crippen molar-refractivity contribution in [1.82, 2.24) is 9.80 Å². The van der Waals surface area contributed by atoms with E-state index in [2.05, 4.69) is 40.5 Å². The quantitative estimate of drug-likeness (QED) is 0.560. The van der Waals surface area contributed by atoms with Crippen LogP contribution in [-0.4, -0.2) is 54.5 Å². The average Bonchev–Trinajstić information content (AvgIpc) is 3.13. The number of nitrogens with zero attached hydrogens (tertiary/aromatic N) is 3. The standard InChI is InChI=1S/C30H34N4O2/c35-29(33-20-18-32(19-21-33)23-25-8-2-1-3-9-25)22-24-13-15-27(16-14-24)31-30(36)34-17-7-6-11-26-10-4-5-12-28(26)34/h1-5,8-10,12-16H,6-7,11,17-23H2,(H,31,36). The van der Waals surface area contributed by atoms with Crippen LogP contribution in [0.2, 0.25) is 0 Å². The smallest absolute Gasteiger partial charge is 0.326 e. The number of aryl methyl sites for hydroxylation is 1. The first-order chi connectivity index (χ1) is 17.7. The van der Waals surface area contributed by atoms with Crippen LogP contribution in [0.3, 0.4) is 0 Å². The highest BCUT2D eigenvalue weighted by Gasteiger charge is 2.22. The third-order valence-electron chi connectivity index (χ3n) is 7.14. The van der Waals surface area contributed by atoms with Crippen molar-refractivity contribution < 1.29 is 9.59 Å². The van der Waals surface area contributed by atoms with Gasteiger partial charge < -0.3 is 10.2 Å². The topological polar surface area (TPSA) is 55.9 Å². The Hall–Kier alpha value is -3.64. The van der Waals surface area contributed by atoms with E-state index in [1.807, 2.05) is 58.3 Å². The van der Waals surface area contributed by atoms with Crippen LogP contribution in [0.5, 0.6) is 0 Å². The summed E-state index contributed by atoms with van der Waals surface area (Å²) in [5, 5.41) is 3.04. The van der Waals surface area contributed by atoms with Gasteiger partial charge in [-0.25, -0.2) is 4.79 Å². The van der Waals surface area contributed by atoms with Gasteiger partial charge >= 0.3 is 6.03 Å². The molecule has 6 nitrogen and oxygen atoms in total. The molecular weight excluding hydrogens is 448 g/mol. The number of amides is 3. The van der Waals surface area contributed by atoms with Crippen molar-refractivity contribution in [3.8, 4) is 0 Å². The zero-order valence-electron chi connectivity index (χ0n) is 20.7. The van der Waals surface area contributed by atoms with E-state index >= 15 is 0 Å². The Balaban J connectivity index is 1.12. The lowest BCUT2D eigenvalue weighted by Gasteiger charge is -2.34. The third kappa shape index (κ3) is 5.94. The maximum atomic E-state index is 13.0. The Morgan fingerprint density at radius 3 is 2.22 bits per heavy atom. The van der Waals surface area contributed by atoms with Gasteiger partial charge in [0.2, 0.25) is 5.91 Å². The zero-order valence-corrected chi connectivity index (χ0v) is 20.7. The number of hydrogen-bond donors (Lipinski definition) is 1. The van der Waals surface area contributed by atoms with Gasteiger partial charge in [-0.1, -0.05) is 60.7 Å². The van der Waals surface area contributed by atoms with Gasteiger partial charge in [-0.05, 0) is 54.2 Å². The van der Waals surface area contributed by atoms with Gasteiger partial charge in [0.1, 0.15) is 0 Å². The molecule has 1 saturated heterocycles. The number of hydrogen-bond acceptors (Lipinski definition) is 3. The maximum absolute atomic E-state index is 13.0. The first kappa shape index (κ1) is 24.1. The predicted octanol–water partition coefficient (Wildman–Crippen LogP) is 4.95. The summed E-state index contributed by atoms with van der Waals surface area (Å²) in [5.41, 5.74) is 5.24. The second-order valence-electron chi connectivity index (χ2n) is 9.68. The monoisotopic (exact) mass is 482 g/mol. The van der Waals surface area contributed by atoms with E-state index in [0.717, 1.165) is 68.9 Å². The van der Waals surface area contributed by atoms with Gasteiger partial charge in [-0.15, -0.1) is 0 Å². The molecular formula is C30H34N4O2. The predicted molar refractivity (Wildman–Crippen MR) is 144 cm³/mol. The van der Waals surface area contributed by atoms with E-state index < -0.39 is 0 Å². The first-order valence-corrected chi connectivity index (χ1v) is 13.0. The number of piperazine rings is 1. The lowest BCUT2D eigenvalue weighted by Crippen LogP contribution is -2.48. The summed E-state index contributed by atoms with van der Waals surface area (Å²) in [6.07, 6.45) is 3.46. The summed E-state index contributed by atoms with van der Waals surface area (Å²) in [6, 6.07) is 26.2. The molecule has 5 rings (SSSR count). The van der Waals surface area contributed by atoms with E-state index in [4.69, 9.17) is 0 Å². The van der Waals surface area contributed by atoms with Gasteiger partial charge in [-0.2, -0.15) is 0 Å². The molecule has 1 fully saturated rings. The lowest BCUT2D eigenvalue weighted by atomic mass is 10.1. The van der Waals surface area contributed by atoms with E-state index in [1.54, 1.807) is 0 Å². The summed E-state index contributed by atoms with van der Waals surface area (Å²) < 4.78 is 0. The molecule has 3 aromatic rings. The fourth-order valence-corrected chi connectivity index (χ4v) is 5.08. The van der Waals surface area contributed by atoms with Crippen molar-refractivity contribution >= 4 is 23.3 Å². The Kier molecular flexibility index (Phi) is 7.62. The Labute approximate surface area is 213 Å². The minimum Gasteiger partial charge on any atom is -0.340 e. The van der Waals surface area contributed by atoms with E-state index in [-0.39, 0.29) is 11.9 Å². The largest absolute Gasteiger partial charge is 0.340 e. The SMILES string of the molecule is O=C(Cc1ccc(NC(=O)N2CCCCc3ccccc32)cc1)N1CCN(Cc2ccccc2)CC1. The summed E-state index contributed by atoms with van der Waals surface area (Å²) in [4.78, 5) is 32.1. The number of para-hydroxylation sites is 1. The van der Waals surface area contributed by atoms with Gasteiger partial charge in [-0.3, -0.25) is 14.6 Å². The molecule has 3 amide bonds. The van der Waals surface area contributed by atoms with Crippen LogP contribution in [0.1, 0.15) is 29.5 Å². The highest BCUT2D eigenvalue weighted by atomic mass is 16.2. The molecule has 186 valence electrons. The number of fused-ring (bicyclic) bond motifs is 1. The minimum atomic E-state index is -0.110. The normalized spacial score (nSPS) is 16.2. The number of benzene rings is 3. The van der Waals surface area contributed by atoms with Crippen LogP contribution in [0, 0.1) is 0 Å². The molecule has 0 bridgehead atoms. The fourth-order valence-electron chi connectivity index (χ4n) is 5.08. The van der Waals surface area contributed by atoms with Crippen LogP contribution in [0.4, 0.5) is 16.2 Å². The van der Waals surface area contributed by atoms with E-state index in [0.29, 0.717) is 13.0 Å². The third-order valence-corrected chi connectivity index (χ3v) is 7.14. The number of anilines is 2. The molecule has 2 aliphatic rings. The van der Waals surface area contributed by atoms with Gasteiger partial charge in [0.25, 0.3) is 0 Å². The number of urea groups is 1. The molecule has 0 aromatic heterocycles. The van der Waals surface area contributed by atoms with Crippen molar-refractivity contribution in [3.63, 3.8) is 0 Å². The van der Waals surface area contributed by atoms with Crippen LogP contribution >= 0.6 is 0 Å². The minimum absolute atomic E-state index is 0.110. The molecule has 0 spiro atoms. The first-order valence-electron chi connectivity index (χ1n) is 13.0. The molecule has 0 radical (unpaired) electrons.